The standard InChI is InChI=1S/C11H10N2O2/c1-8(14)11-6-7-12-13(11)9-2-4-10(15)5-3-9/h2-7,15H,1H3. The predicted molar refractivity (Wildman–Crippen MR) is 55.2 cm³/mol. The summed E-state index contributed by atoms with van der Waals surface area (Å²) in [5, 5.41) is 13.2. The lowest BCUT2D eigenvalue weighted by Crippen LogP contribution is -2.05. The minimum absolute atomic E-state index is 0.0411. The Kier molecular flexibility index (Phi) is 2.25. The summed E-state index contributed by atoms with van der Waals surface area (Å²) >= 11 is 0. The van der Waals surface area contributed by atoms with E-state index in [1.807, 2.05) is 0 Å². The van der Waals surface area contributed by atoms with Crippen molar-refractivity contribution in [1.29, 1.82) is 0 Å². The highest BCUT2D eigenvalue weighted by Gasteiger charge is 2.08. The summed E-state index contributed by atoms with van der Waals surface area (Å²) in [6.07, 6.45) is 1.57. The van der Waals surface area contributed by atoms with Crippen LogP contribution in [0.1, 0.15) is 17.4 Å². The summed E-state index contributed by atoms with van der Waals surface area (Å²) in [6.45, 7) is 1.49. The molecular formula is C11H10N2O2. The maximum atomic E-state index is 11.3. The molecule has 76 valence electrons. The van der Waals surface area contributed by atoms with Gasteiger partial charge in [-0.15, -0.1) is 0 Å². The molecule has 0 radical (unpaired) electrons. The first-order valence-corrected chi connectivity index (χ1v) is 4.53. The van der Waals surface area contributed by atoms with Crippen molar-refractivity contribution in [2.75, 3.05) is 0 Å². The molecule has 2 rings (SSSR count). The highest BCUT2D eigenvalue weighted by molar-refractivity contribution is 5.92. The predicted octanol–water partition coefficient (Wildman–Crippen LogP) is 1.78. The van der Waals surface area contributed by atoms with Gasteiger partial charge in [-0.3, -0.25) is 4.79 Å². The summed E-state index contributed by atoms with van der Waals surface area (Å²) < 4.78 is 1.54. The fraction of sp³-hybridized carbons (Fsp3) is 0.0909. The molecule has 4 heteroatoms. The molecule has 1 aromatic carbocycles. The summed E-state index contributed by atoms with van der Waals surface area (Å²) in [5.41, 5.74) is 1.28. The molecule has 1 heterocycles. The van der Waals surface area contributed by atoms with Crippen LogP contribution < -0.4 is 0 Å². The van der Waals surface area contributed by atoms with E-state index in [-0.39, 0.29) is 11.5 Å². The smallest absolute Gasteiger partial charge is 0.178 e. The molecule has 0 saturated carbocycles. The molecule has 1 aromatic heterocycles. The Labute approximate surface area is 86.8 Å². The van der Waals surface area contributed by atoms with Crippen LogP contribution in [0.3, 0.4) is 0 Å². The van der Waals surface area contributed by atoms with Gasteiger partial charge in [0.05, 0.1) is 11.9 Å². The van der Waals surface area contributed by atoms with Gasteiger partial charge in [-0.2, -0.15) is 5.10 Å². The number of phenols is 1. The second-order valence-electron chi connectivity index (χ2n) is 3.20. The molecule has 0 amide bonds. The van der Waals surface area contributed by atoms with Gasteiger partial charge in [0.15, 0.2) is 5.78 Å². The van der Waals surface area contributed by atoms with Crippen LogP contribution in [0.15, 0.2) is 36.5 Å². The number of phenolic OH excluding ortho intramolecular Hbond substituents is 1. The highest BCUT2D eigenvalue weighted by atomic mass is 16.3. The lowest BCUT2D eigenvalue weighted by atomic mass is 10.2. The lowest BCUT2D eigenvalue weighted by molar-refractivity contribution is 0.101. The number of ketones is 1. The van der Waals surface area contributed by atoms with E-state index in [0.29, 0.717) is 5.69 Å². The second kappa shape index (κ2) is 3.57. The van der Waals surface area contributed by atoms with Gasteiger partial charge in [0.2, 0.25) is 0 Å². The van der Waals surface area contributed by atoms with Crippen molar-refractivity contribution in [3.05, 3.63) is 42.2 Å². The van der Waals surface area contributed by atoms with Crippen LogP contribution in [-0.4, -0.2) is 20.7 Å². The van der Waals surface area contributed by atoms with E-state index in [1.165, 1.54) is 6.92 Å². The number of carbonyl (C=O) groups excluding carboxylic acids is 1. The molecule has 0 unspecified atom stereocenters. The number of nitrogens with zero attached hydrogens (tertiary/aromatic N) is 2. The Balaban J connectivity index is 2.49. The Morgan fingerprint density at radius 1 is 1.27 bits per heavy atom. The lowest BCUT2D eigenvalue weighted by Gasteiger charge is -2.04. The number of Topliss-reactive ketones (excluding diaryl/α,β-unsaturated/α-hetero) is 1. The van der Waals surface area contributed by atoms with Crippen LogP contribution in [0.5, 0.6) is 5.75 Å². The van der Waals surface area contributed by atoms with Crippen molar-refractivity contribution in [3.63, 3.8) is 0 Å². The van der Waals surface area contributed by atoms with Gasteiger partial charge in [-0.25, -0.2) is 4.68 Å². The average molecular weight is 202 g/mol. The Hall–Kier alpha value is -2.10. The van der Waals surface area contributed by atoms with E-state index in [9.17, 15) is 4.79 Å². The van der Waals surface area contributed by atoms with Gasteiger partial charge < -0.3 is 5.11 Å². The maximum Gasteiger partial charge on any atom is 0.178 e. The molecule has 0 bridgehead atoms. The second-order valence-corrected chi connectivity index (χ2v) is 3.20. The number of hydrogen-bond donors (Lipinski definition) is 1. The van der Waals surface area contributed by atoms with E-state index < -0.39 is 0 Å². The van der Waals surface area contributed by atoms with E-state index in [1.54, 1.807) is 41.2 Å². The van der Waals surface area contributed by atoms with Gasteiger partial charge in [-0.1, -0.05) is 0 Å². The van der Waals surface area contributed by atoms with E-state index in [2.05, 4.69) is 5.10 Å². The van der Waals surface area contributed by atoms with Crippen molar-refractivity contribution in [3.8, 4) is 11.4 Å². The number of aromatic nitrogens is 2. The van der Waals surface area contributed by atoms with Crippen molar-refractivity contribution in [2.24, 2.45) is 0 Å². The van der Waals surface area contributed by atoms with Crippen LogP contribution in [0.2, 0.25) is 0 Å². The first-order chi connectivity index (χ1) is 7.18. The minimum Gasteiger partial charge on any atom is -0.508 e. The maximum absolute atomic E-state index is 11.3. The number of benzene rings is 1. The zero-order valence-electron chi connectivity index (χ0n) is 8.21. The van der Waals surface area contributed by atoms with E-state index >= 15 is 0 Å². The molecule has 0 saturated heterocycles. The fourth-order valence-electron chi connectivity index (χ4n) is 1.37. The topological polar surface area (TPSA) is 55.1 Å². The van der Waals surface area contributed by atoms with Gasteiger partial charge >= 0.3 is 0 Å². The quantitative estimate of drug-likeness (QED) is 0.755. The van der Waals surface area contributed by atoms with E-state index in [0.717, 1.165) is 5.69 Å². The SMILES string of the molecule is CC(=O)c1ccnn1-c1ccc(O)cc1. The van der Waals surface area contributed by atoms with Crippen molar-refractivity contribution >= 4 is 5.78 Å². The van der Waals surface area contributed by atoms with Crippen molar-refractivity contribution < 1.29 is 9.90 Å². The Morgan fingerprint density at radius 3 is 2.53 bits per heavy atom. The molecule has 15 heavy (non-hydrogen) atoms. The van der Waals surface area contributed by atoms with Crippen molar-refractivity contribution in [2.45, 2.75) is 6.92 Å². The molecule has 0 aliphatic heterocycles. The third-order valence-corrected chi connectivity index (χ3v) is 2.10. The minimum atomic E-state index is -0.0411. The van der Waals surface area contributed by atoms with E-state index in [4.69, 9.17) is 5.11 Å². The van der Waals surface area contributed by atoms with Crippen LogP contribution in [-0.2, 0) is 0 Å². The molecule has 0 atom stereocenters. The van der Waals surface area contributed by atoms with Gasteiger partial charge in [0, 0.05) is 6.92 Å². The van der Waals surface area contributed by atoms with Gasteiger partial charge in [0.25, 0.3) is 0 Å². The fourth-order valence-corrected chi connectivity index (χ4v) is 1.37. The van der Waals surface area contributed by atoms with Gasteiger partial charge in [0.1, 0.15) is 11.4 Å². The number of carbonyl (C=O) groups is 1. The zero-order valence-corrected chi connectivity index (χ0v) is 8.21. The van der Waals surface area contributed by atoms with Crippen molar-refractivity contribution in [1.82, 2.24) is 9.78 Å². The third-order valence-electron chi connectivity index (χ3n) is 2.10. The highest BCUT2D eigenvalue weighted by Crippen LogP contribution is 2.15. The van der Waals surface area contributed by atoms with Crippen LogP contribution in [0, 0.1) is 0 Å². The normalized spacial score (nSPS) is 10.2. The van der Waals surface area contributed by atoms with Crippen LogP contribution >= 0.6 is 0 Å². The molecule has 1 N–H and O–H groups in total. The summed E-state index contributed by atoms with van der Waals surface area (Å²) in [5.74, 6) is 0.149. The Bertz CT molecular complexity index is 486. The Morgan fingerprint density at radius 2 is 1.93 bits per heavy atom. The molecule has 0 fully saturated rings. The molecule has 0 aliphatic carbocycles. The summed E-state index contributed by atoms with van der Waals surface area (Å²) in [4.78, 5) is 11.3. The number of aromatic hydroxyl groups is 1. The monoisotopic (exact) mass is 202 g/mol. The molecule has 2 aromatic rings. The van der Waals surface area contributed by atoms with Gasteiger partial charge in [-0.05, 0) is 30.3 Å². The first kappa shape index (κ1) is 9.45. The number of rotatable bonds is 2. The summed E-state index contributed by atoms with van der Waals surface area (Å²) in [7, 11) is 0. The van der Waals surface area contributed by atoms with Crippen LogP contribution in [0.25, 0.3) is 5.69 Å². The largest absolute Gasteiger partial charge is 0.508 e. The molecule has 4 nitrogen and oxygen atoms in total. The molecule has 0 aliphatic rings. The molecular weight excluding hydrogens is 192 g/mol. The number of hydrogen-bond acceptors (Lipinski definition) is 3. The average Bonchev–Trinajstić information content (AvgIpc) is 2.67. The van der Waals surface area contributed by atoms with Crippen LogP contribution in [0.4, 0.5) is 0 Å². The first-order valence-electron chi connectivity index (χ1n) is 4.53. The summed E-state index contributed by atoms with van der Waals surface area (Å²) in [6, 6.07) is 8.18. The third kappa shape index (κ3) is 1.74. The zero-order chi connectivity index (χ0) is 10.8. The molecule has 0 spiro atoms.